The molecular weight excluding hydrogens is 372 g/mol. The van der Waals surface area contributed by atoms with Gasteiger partial charge in [-0.3, -0.25) is 9.80 Å². The largest absolute Gasteiger partial charge is 0.295 e. The molecule has 1 saturated heterocycles. The summed E-state index contributed by atoms with van der Waals surface area (Å²) in [7, 11) is 0. The molecule has 6 nitrogen and oxygen atoms in total. The molecule has 5 rings (SSSR count). The van der Waals surface area contributed by atoms with Gasteiger partial charge in [-0.05, 0) is 38.1 Å². The summed E-state index contributed by atoms with van der Waals surface area (Å²) in [4.78, 5) is 24.1. The summed E-state index contributed by atoms with van der Waals surface area (Å²) in [6.45, 7) is 9.92. The van der Waals surface area contributed by atoms with Crippen molar-refractivity contribution in [2.24, 2.45) is 0 Å². The SMILES string of the molecule is Cc1nc2ccccc2nc1CN1CCN(Cc2nc3ccccc3nc2C)CC1. The van der Waals surface area contributed by atoms with Gasteiger partial charge in [-0.15, -0.1) is 0 Å². The third-order valence-corrected chi connectivity index (χ3v) is 5.90. The number of benzene rings is 2. The molecular formula is C24H26N6. The van der Waals surface area contributed by atoms with Gasteiger partial charge in [0.25, 0.3) is 0 Å². The Labute approximate surface area is 176 Å². The molecule has 1 aliphatic rings. The van der Waals surface area contributed by atoms with Crippen LogP contribution in [0.3, 0.4) is 0 Å². The van der Waals surface area contributed by atoms with Gasteiger partial charge >= 0.3 is 0 Å². The Hall–Kier alpha value is -2.96. The quantitative estimate of drug-likeness (QED) is 0.524. The molecule has 152 valence electrons. The fourth-order valence-corrected chi connectivity index (χ4v) is 4.08. The minimum atomic E-state index is 0.853. The van der Waals surface area contributed by atoms with Crippen molar-refractivity contribution in [3.8, 4) is 0 Å². The fraction of sp³-hybridized carbons (Fsp3) is 0.333. The molecule has 0 unspecified atom stereocenters. The third kappa shape index (κ3) is 3.88. The molecule has 6 heteroatoms. The van der Waals surface area contributed by atoms with Crippen LogP contribution < -0.4 is 0 Å². The first-order valence-corrected chi connectivity index (χ1v) is 10.5. The molecule has 1 aliphatic heterocycles. The number of hydrogen-bond donors (Lipinski definition) is 0. The normalized spacial score (nSPS) is 15.8. The van der Waals surface area contributed by atoms with Gasteiger partial charge in [0.05, 0.1) is 44.8 Å². The first-order valence-electron chi connectivity index (χ1n) is 10.5. The average Bonchev–Trinajstić information content (AvgIpc) is 2.76. The van der Waals surface area contributed by atoms with Crippen molar-refractivity contribution < 1.29 is 0 Å². The number of nitrogens with zero attached hydrogens (tertiary/aromatic N) is 6. The second-order valence-corrected chi connectivity index (χ2v) is 8.04. The van der Waals surface area contributed by atoms with Crippen molar-refractivity contribution in [3.63, 3.8) is 0 Å². The van der Waals surface area contributed by atoms with Crippen LogP contribution in [0.15, 0.2) is 48.5 Å². The lowest BCUT2D eigenvalue weighted by Crippen LogP contribution is -2.45. The molecule has 0 bridgehead atoms. The Bertz CT molecular complexity index is 1100. The molecule has 1 fully saturated rings. The molecule has 0 amide bonds. The maximum absolute atomic E-state index is 4.86. The summed E-state index contributed by atoms with van der Waals surface area (Å²) in [5, 5.41) is 0. The van der Waals surface area contributed by atoms with Gasteiger partial charge in [-0.1, -0.05) is 24.3 Å². The highest BCUT2D eigenvalue weighted by Crippen LogP contribution is 2.17. The van der Waals surface area contributed by atoms with Gasteiger partial charge in [0, 0.05) is 39.3 Å². The summed E-state index contributed by atoms with van der Waals surface area (Å²) in [5.74, 6) is 0. The Morgan fingerprint density at radius 2 is 0.900 bits per heavy atom. The lowest BCUT2D eigenvalue weighted by atomic mass is 10.2. The van der Waals surface area contributed by atoms with Crippen molar-refractivity contribution in [2.45, 2.75) is 26.9 Å². The first kappa shape index (κ1) is 19.0. The smallest absolute Gasteiger partial charge is 0.0890 e. The molecule has 3 heterocycles. The molecule has 2 aromatic heterocycles. The van der Waals surface area contributed by atoms with E-state index in [1.54, 1.807) is 0 Å². The van der Waals surface area contributed by atoms with E-state index in [-0.39, 0.29) is 0 Å². The van der Waals surface area contributed by atoms with Gasteiger partial charge in [0.1, 0.15) is 0 Å². The number of aromatic nitrogens is 4. The molecule has 0 atom stereocenters. The van der Waals surface area contributed by atoms with E-state index in [0.717, 1.165) is 84.1 Å². The standard InChI is InChI=1S/C24H26N6/c1-17-23(27-21-9-5-3-7-19(21)25-17)15-29-11-13-30(14-12-29)16-24-18(2)26-20-8-4-6-10-22(20)28-24/h3-10H,11-16H2,1-2H3. The predicted molar refractivity (Wildman–Crippen MR) is 119 cm³/mol. The third-order valence-electron chi connectivity index (χ3n) is 5.90. The van der Waals surface area contributed by atoms with Crippen LogP contribution in [0.4, 0.5) is 0 Å². The number of fused-ring (bicyclic) bond motifs is 2. The van der Waals surface area contributed by atoms with Crippen LogP contribution in [0.5, 0.6) is 0 Å². The minimum absolute atomic E-state index is 0.853. The Kier molecular flexibility index (Phi) is 5.11. The lowest BCUT2D eigenvalue weighted by Gasteiger charge is -2.34. The molecule has 4 aromatic rings. The van der Waals surface area contributed by atoms with E-state index < -0.39 is 0 Å². The van der Waals surface area contributed by atoms with E-state index in [9.17, 15) is 0 Å². The molecule has 0 radical (unpaired) electrons. The zero-order chi connectivity index (χ0) is 20.5. The number of para-hydroxylation sites is 4. The van der Waals surface area contributed by atoms with Crippen molar-refractivity contribution in [2.75, 3.05) is 26.2 Å². The second-order valence-electron chi connectivity index (χ2n) is 8.04. The lowest BCUT2D eigenvalue weighted by molar-refractivity contribution is 0.119. The molecule has 0 N–H and O–H groups in total. The molecule has 30 heavy (non-hydrogen) atoms. The number of rotatable bonds is 4. The van der Waals surface area contributed by atoms with E-state index in [2.05, 4.69) is 23.6 Å². The Balaban J connectivity index is 1.24. The molecule has 0 saturated carbocycles. The van der Waals surface area contributed by atoms with E-state index in [1.807, 2.05) is 48.5 Å². The summed E-state index contributed by atoms with van der Waals surface area (Å²) in [6.07, 6.45) is 0. The summed E-state index contributed by atoms with van der Waals surface area (Å²) in [5.41, 5.74) is 8.10. The highest BCUT2D eigenvalue weighted by Gasteiger charge is 2.20. The van der Waals surface area contributed by atoms with Crippen molar-refractivity contribution in [1.82, 2.24) is 29.7 Å². The molecule has 2 aromatic carbocycles. The topological polar surface area (TPSA) is 58.0 Å². The van der Waals surface area contributed by atoms with E-state index in [1.165, 1.54) is 0 Å². The zero-order valence-electron chi connectivity index (χ0n) is 17.5. The maximum atomic E-state index is 4.86. The maximum Gasteiger partial charge on any atom is 0.0890 e. The number of hydrogen-bond acceptors (Lipinski definition) is 6. The fourth-order valence-electron chi connectivity index (χ4n) is 4.08. The number of aryl methyl sites for hydroxylation is 2. The Morgan fingerprint density at radius 3 is 1.27 bits per heavy atom. The zero-order valence-corrected chi connectivity index (χ0v) is 17.5. The minimum Gasteiger partial charge on any atom is -0.295 e. The van der Waals surface area contributed by atoms with Crippen molar-refractivity contribution in [3.05, 3.63) is 71.3 Å². The monoisotopic (exact) mass is 398 g/mol. The van der Waals surface area contributed by atoms with Crippen LogP contribution in [0.2, 0.25) is 0 Å². The highest BCUT2D eigenvalue weighted by molar-refractivity contribution is 5.74. The van der Waals surface area contributed by atoms with Gasteiger partial charge < -0.3 is 0 Å². The van der Waals surface area contributed by atoms with Gasteiger partial charge in [0.2, 0.25) is 0 Å². The van der Waals surface area contributed by atoms with Crippen molar-refractivity contribution in [1.29, 1.82) is 0 Å². The highest BCUT2D eigenvalue weighted by atomic mass is 15.3. The predicted octanol–water partition coefficient (Wildman–Crippen LogP) is 3.51. The van der Waals surface area contributed by atoms with Crippen LogP contribution in [0, 0.1) is 13.8 Å². The molecule has 0 spiro atoms. The summed E-state index contributed by atoms with van der Waals surface area (Å²) < 4.78 is 0. The van der Waals surface area contributed by atoms with E-state index in [4.69, 9.17) is 19.9 Å². The van der Waals surface area contributed by atoms with Crippen molar-refractivity contribution >= 4 is 22.1 Å². The Morgan fingerprint density at radius 1 is 0.567 bits per heavy atom. The van der Waals surface area contributed by atoms with Crippen LogP contribution in [0.1, 0.15) is 22.8 Å². The van der Waals surface area contributed by atoms with Gasteiger partial charge in [-0.25, -0.2) is 19.9 Å². The summed E-state index contributed by atoms with van der Waals surface area (Å²) >= 11 is 0. The van der Waals surface area contributed by atoms with E-state index in [0.29, 0.717) is 0 Å². The number of piperazine rings is 1. The molecule has 0 aliphatic carbocycles. The second kappa shape index (κ2) is 8.05. The van der Waals surface area contributed by atoms with Crippen LogP contribution in [0.25, 0.3) is 22.1 Å². The first-order chi connectivity index (χ1) is 14.7. The van der Waals surface area contributed by atoms with Crippen LogP contribution >= 0.6 is 0 Å². The van der Waals surface area contributed by atoms with E-state index >= 15 is 0 Å². The van der Waals surface area contributed by atoms with Gasteiger partial charge in [0.15, 0.2) is 0 Å². The van der Waals surface area contributed by atoms with Gasteiger partial charge in [-0.2, -0.15) is 0 Å². The van der Waals surface area contributed by atoms with Crippen LogP contribution in [-0.4, -0.2) is 55.9 Å². The van der Waals surface area contributed by atoms with Crippen LogP contribution in [-0.2, 0) is 13.1 Å². The average molecular weight is 399 g/mol. The summed E-state index contributed by atoms with van der Waals surface area (Å²) in [6, 6.07) is 16.2.